The van der Waals surface area contributed by atoms with Gasteiger partial charge in [0.05, 0.1) is 20.8 Å². The van der Waals surface area contributed by atoms with Crippen LogP contribution in [0.3, 0.4) is 0 Å². The van der Waals surface area contributed by atoms with Crippen molar-refractivity contribution in [3.63, 3.8) is 0 Å². The third-order valence-electron chi connectivity index (χ3n) is 4.64. The topological polar surface area (TPSA) is 77.7 Å². The lowest BCUT2D eigenvalue weighted by molar-refractivity contribution is -0.131. The normalized spacial score (nSPS) is 10.6. The van der Waals surface area contributed by atoms with Crippen molar-refractivity contribution < 1.29 is 18.8 Å². The molecule has 0 saturated carbocycles. The number of carbonyl (C=O) groups is 1. The van der Waals surface area contributed by atoms with Gasteiger partial charge in [-0.1, -0.05) is 35.5 Å². The van der Waals surface area contributed by atoms with Gasteiger partial charge in [0.25, 0.3) is 0 Å². The van der Waals surface area contributed by atoms with E-state index in [1.165, 1.54) is 0 Å². The highest BCUT2D eigenvalue weighted by Gasteiger charge is 2.17. The smallest absolute Gasteiger partial charge is 0.246 e. The van der Waals surface area contributed by atoms with E-state index in [0.29, 0.717) is 42.6 Å². The first kappa shape index (κ1) is 20.4. The largest absolute Gasteiger partial charge is 0.493 e. The molecule has 3 aromatic rings. The lowest BCUT2D eigenvalue weighted by atomic mass is 10.1. The fourth-order valence-corrected chi connectivity index (χ4v) is 3.01. The molecule has 0 atom stereocenters. The van der Waals surface area contributed by atoms with Crippen LogP contribution in [0, 0.1) is 0 Å². The predicted octanol–water partition coefficient (Wildman–Crippen LogP) is 3.74. The molecular weight excluding hydrogens is 370 g/mol. The minimum Gasteiger partial charge on any atom is -0.493 e. The molecule has 0 N–H and O–H groups in total. The molecule has 7 heteroatoms. The average molecular weight is 395 g/mol. The van der Waals surface area contributed by atoms with Gasteiger partial charge in [0.2, 0.25) is 17.6 Å². The van der Waals surface area contributed by atoms with Crippen LogP contribution in [0.1, 0.15) is 24.8 Å². The van der Waals surface area contributed by atoms with E-state index >= 15 is 0 Å². The molecule has 1 heterocycles. The Labute approximate surface area is 170 Å². The first-order valence-corrected chi connectivity index (χ1v) is 9.51. The molecule has 152 valence electrons. The van der Waals surface area contributed by atoms with Crippen molar-refractivity contribution in [3.05, 3.63) is 60.0 Å². The second-order valence-electron chi connectivity index (χ2n) is 6.47. The van der Waals surface area contributed by atoms with Gasteiger partial charge in [0, 0.05) is 18.5 Å². The van der Waals surface area contributed by atoms with Crippen LogP contribution in [-0.2, 0) is 17.8 Å². The third kappa shape index (κ3) is 5.13. The van der Waals surface area contributed by atoms with Crippen LogP contribution in [0.5, 0.6) is 11.5 Å². The molecule has 0 aliphatic carbocycles. The molecule has 1 aromatic heterocycles. The highest BCUT2D eigenvalue weighted by molar-refractivity contribution is 5.76. The molecule has 7 nitrogen and oxygen atoms in total. The Bertz CT molecular complexity index is 940. The Morgan fingerprint density at radius 2 is 1.83 bits per heavy atom. The van der Waals surface area contributed by atoms with Gasteiger partial charge in [-0.25, -0.2) is 0 Å². The zero-order chi connectivity index (χ0) is 20.6. The van der Waals surface area contributed by atoms with E-state index in [1.807, 2.05) is 43.3 Å². The summed E-state index contributed by atoms with van der Waals surface area (Å²) in [5, 5.41) is 4.04. The molecule has 0 radical (unpaired) electrons. The molecule has 0 aliphatic heterocycles. The van der Waals surface area contributed by atoms with Gasteiger partial charge in [0.1, 0.15) is 0 Å². The van der Waals surface area contributed by atoms with Crippen molar-refractivity contribution in [2.45, 2.75) is 26.3 Å². The molecule has 3 rings (SSSR count). The van der Waals surface area contributed by atoms with Crippen molar-refractivity contribution in [1.29, 1.82) is 0 Å². The molecule has 0 spiro atoms. The average Bonchev–Trinajstić information content (AvgIpc) is 3.24. The second kappa shape index (κ2) is 9.73. The number of ether oxygens (including phenoxy) is 2. The van der Waals surface area contributed by atoms with Crippen LogP contribution in [0.4, 0.5) is 0 Å². The summed E-state index contributed by atoms with van der Waals surface area (Å²) in [5.74, 6) is 2.10. The zero-order valence-electron chi connectivity index (χ0n) is 16.9. The van der Waals surface area contributed by atoms with Gasteiger partial charge in [-0.3, -0.25) is 4.79 Å². The maximum absolute atomic E-state index is 12.6. The molecule has 0 fully saturated rings. The Balaban J connectivity index is 1.65. The van der Waals surface area contributed by atoms with Gasteiger partial charge in [-0.2, -0.15) is 4.98 Å². The molecule has 0 unspecified atom stereocenters. The molecule has 0 aliphatic rings. The highest BCUT2D eigenvalue weighted by Crippen LogP contribution is 2.31. The van der Waals surface area contributed by atoms with Crippen molar-refractivity contribution in [3.8, 4) is 22.9 Å². The molecule has 2 aromatic carbocycles. The molecule has 1 amide bonds. The number of methoxy groups -OCH3 is 2. The van der Waals surface area contributed by atoms with Gasteiger partial charge in [-0.05, 0) is 37.1 Å². The number of aromatic nitrogens is 2. The summed E-state index contributed by atoms with van der Waals surface area (Å²) in [5.41, 5.74) is 1.89. The summed E-state index contributed by atoms with van der Waals surface area (Å²) in [6.45, 7) is 2.79. The van der Waals surface area contributed by atoms with Crippen LogP contribution < -0.4 is 9.47 Å². The summed E-state index contributed by atoms with van der Waals surface area (Å²) in [6, 6.07) is 15.4. The van der Waals surface area contributed by atoms with E-state index in [4.69, 9.17) is 14.0 Å². The minimum absolute atomic E-state index is 0.0576. The maximum atomic E-state index is 12.6. The van der Waals surface area contributed by atoms with Crippen LogP contribution in [0.2, 0.25) is 0 Å². The van der Waals surface area contributed by atoms with E-state index in [1.54, 1.807) is 31.3 Å². The number of benzene rings is 2. The summed E-state index contributed by atoms with van der Waals surface area (Å²) in [4.78, 5) is 18.7. The minimum atomic E-state index is 0.0576. The number of amides is 1. The lowest BCUT2D eigenvalue weighted by Gasteiger charge is -2.18. The maximum Gasteiger partial charge on any atom is 0.246 e. The Morgan fingerprint density at radius 1 is 1.07 bits per heavy atom. The van der Waals surface area contributed by atoms with Crippen LogP contribution in [0.15, 0.2) is 53.1 Å². The number of aryl methyl sites for hydroxylation is 1. The summed E-state index contributed by atoms with van der Waals surface area (Å²) >= 11 is 0. The van der Waals surface area contributed by atoms with Gasteiger partial charge in [-0.15, -0.1) is 0 Å². The van der Waals surface area contributed by atoms with Gasteiger partial charge >= 0.3 is 0 Å². The second-order valence-corrected chi connectivity index (χ2v) is 6.47. The summed E-state index contributed by atoms with van der Waals surface area (Å²) in [7, 11) is 3.15. The SMILES string of the molecule is CCN(Cc1nc(-c2ccc(OC)c(OC)c2)no1)C(=O)CCc1ccccc1. The third-order valence-corrected chi connectivity index (χ3v) is 4.64. The van der Waals surface area contributed by atoms with E-state index in [2.05, 4.69) is 10.1 Å². The van der Waals surface area contributed by atoms with E-state index < -0.39 is 0 Å². The van der Waals surface area contributed by atoms with Crippen molar-refractivity contribution in [2.75, 3.05) is 20.8 Å². The number of carbonyl (C=O) groups excluding carboxylic acids is 1. The first-order valence-electron chi connectivity index (χ1n) is 9.51. The Hall–Kier alpha value is -3.35. The first-order chi connectivity index (χ1) is 14.1. The standard InChI is InChI=1S/C22H25N3O4/c1-4-25(21(26)13-10-16-8-6-5-7-9-16)15-20-23-22(24-29-20)17-11-12-18(27-2)19(14-17)28-3/h5-9,11-12,14H,4,10,13,15H2,1-3H3. The molecule has 0 bridgehead atoms. The fraction of sp³-hybridized carbons (Fsp3) is 0.318. The van der Waals surface area contributed by atoms with Crippen molar-refractivity contribution >= 4 is 5.91 Å². The number of hydrogen-bond acceptors (Lipinski definition) is 6. The van der Waals surface area contributed by atoms with Crippen LogP contribution in [-0.4, -0.2) is 41.7 Å². The number of hydrogen-bond donors (Lipinski definition) is 0. The van der Waals surface area contributed by atoms with Gasteiger partial charge < -0.3 is 18.9 Å². The number of nitrogens with zero attached hydrogens (tertiary/aromatic N) is 3. The van der Waals surface area contributed by atoms with Crippen LogP contribution >= 0.6 is 0 Å². The summed E-state index contributed by atoms with van der Waals surface area (Å²) in [6.07, 6.45) is 1.14. The Morgan fingerprint density at radius 3 is 2.52 bits per heavy atom. The van der Waals surface area contributed by atoms with Crippen LogP contribution in [0.25, 0.3) is 11.4 Å². The van der Waals surface area contributed by atoms with E-state index in [-0.39, 0.29) is 12.5 Å². The van der Waals surface area contributed by atoms with E-state index in [0.717, 1.165) is 11.1 Å². The Kier molecular flexibility index (Phi) is 6.84. The van der Waals surface area contributed by atoms with Crippen molar-refractivity contribution in [2.24, 2.45) is 0 Å². The highest BCUT2D eigenvalue weighted by atomic mass is 16.5. The molecule has 29 heavy (non-hydrogen) atoms. The quantitative estimate of drug-likeness (QED) is 0.549. The predicted molar refractivity (Wildman–Crippen MR) is 109 cm³/mol. The van der Waals surface area contributed by atoms with Gasteiger partial charge in [0.15, 0.2) is 11.5 Å². The van der Waals surface area contributed by atoms with Crippen molar-refractivity contribution in [1.82, 2.24) is 15.0 Å². The molecular formula is C22H25N3O4. The monoisotopic (exact) mass is 395 g/mol. The number of rotatable bonds is 9. The van der Waals surface area contributed by atoms with E-state index in [9.17, 15) is 4.79 Å². The summed E-state index contributed by atoms with van der Waals surface area (Å²) < 4.78 is 15.9. The lowest BCUT2D eigenvalue weighted by Crippen LogP contribution is -2.30. The molecule has 0 saturated heterocycles. The fourth-order valence-electron chi connectivity index (χ4n) is 3.01. The zero-order valence-corrected chi connectivity index (χ0v) is 16.9.